The molecule has 0 saturated heterocycles. The lowest BCUT2D eigenvalue weighted by atomic mass is 10.2. The first-order chi connectivity index (χ1) is 9.01. The van der Waals surface area contributed by atoms with Gasteiger partial charge < -0.3 is 9.67 Å². The van der Waals surface area contributed by atoms with Crippen molar-refractivity contribution in [2.75, 3.05) is 0 Å². The maximum absolute atomic E-state index is 13.1. The zero-order valence-electron chi connectivity index (χ0n) is 10.4. The van der Waals surface area contributed by atoms with Gasteiger partial charge in [-0.05, 0) is 35.7 Å². The van der Waals surface area contributed by atoms with Gasteiger partial charge in [-0.3, -0.25) is 0 Å². The van der Waals surface area contributed by atoms with E-state index in [-0.39, 0.29) is 12.2 Å². The summed E-state index contributed by atoms with van der Waals surface area (Å²) in [6.45, 7) is 2.11. The topological polar surface area (TPSA) is 42.2 Å². The summed E-state index contributed by atoms with van der Waals surface area (Å²) >= 11 is 0. The second-order valence-electron chi connectivity index (χ2n) is 4.27. The third-order valence-corrected chi connectivity index (χ3v) is 2.92. The highest BCUT2D eigenvalue weighted by molar-refractivity contribution is 5.86. The summed E-state index contributed by atoms with van der Waals surface area (Å²) in [7, 11) is 0. The molecule has 3 nitrogen and oxygen atoms in total. The van der Waals surface area contributed by atoms with Crippen molar-refractivity contribution in [2.45, 2.75) is 19.9 Å². The van der Waals surface area contributed by atoms with Crippen molar-refractivity contribution in [2.24, 2.45) is 0 Å². The maximum atomic E-state index is 13.1. The van der Waals surface area contributed by atoms with Crippen LogP contribution in [0.1, 0.15) is 28.5 Å². The predicted molar refractivity (Wildman–Crippen MR) is 66.2 cm³/mol. The predicted octanol–water partition coefficient (Wildman–Crippen LogP) is 3.08. The van der Waals surface area contributed by atoms with E-state index in [4.69, 9.17) is 5.11 Å². The molecule has 0 spiro atoms. The Balaban J connectivity index is 2.34. The second-order valence-corrected chi connectivity index (χ2v) is 4.27. The molecule has 0 fully saturated rings. The number of carbonyl (C=O) groups is 1. The minimum absolute atomic E-state index is 0.140. The average Bonchev–Trinajstić information content (AvgIpc) is 2.77. The Bertz CT molecular complexity index is 620. The normalized spacial score (nSPS) is 10.7. The van der Waals surface area contributed by atoms with Crippen molar-refractivity contribution >= 4 is 5.97 Å². The summed E-state index contributed by atoms with van der Waals surface area (Å²) in [6.07, 6.45) is 2.43. The van der Waals surface area contributed by atoms with Gasteiger partial charge in [0.1, 0.15) is 5.69 Å². The molecule has 100 valence electrons. The molecule has 0 atom stereocenters. The van der Waals surface area contributed by atoms with E-state index in [9.17, 15) is 13.6 Å². The Hall–Kier alpha value is -2.17. The van der Waals surface area contributed by atoms with Crippen molar-refractivity contribution < 1.29 is 18.7 Å². The van der Waals surface area contributed by atoms with Crippen LogP contribution in [0.25, 0.3) is 0 Å². The Morgan fingerprint density at radius 3 is 2.53 bits per heavy atom. The van der Waals surface area contributed by atoms with Gasteiger partial charge in [0.2, 0.25) is 0 Å². The van der Waals surface area contributed by atoms with Crippen LogP contribution >= 0.6 is 0 Å². The van der Waals surface area contributed by atoms with Crippen molar-refractivity contribution in [3.63, 3.8) is 0 Å². The number of aryl methyl sites for hydroxylation is 1. The van der Waals surface area contributed by atoms with Gasteiger partial charge in [-0.15, -0.1) is 0 Å². The molecule has 0 aliphatic rings. The van der Waals surface area contributed by atoms with E-state index >= 15 is 0 Å². The number of nitrogens with zero attached hydrogens (tertiary/aromatic N) is 1. The number of carboxylic acids is 1. The van der Waals surface area contributed by atoms with Crippen LogP contribution in [0.2, 0.25) is 0 Å². The van der Waals surface area contributed by atoms with Gasteiger partial charge in [0.15, 0.2) is 11.6 Å². The van der Waals surface area contributed by atoms with Crippen LogP contribution in [-0.4, -0.2) is 15.6 Å². The van der Waals surface area contributed by atoms with Crippen LogP contribution < -0.4 is 0 Å². The van der Waals surface area contributed by atoms with E-state index in [1.54, 1.807) is 12.3 Å². The van der Waals surface area contributed by atoms with Crippen molar-refractivity contribution in [3.8, 4) is 0 Å². The monoisotopic (exact) mass is 265 g/mol. The molecule has 1 aromatic heterocycles. The third-order valence-electron chi connectivity index (χ3n) is 2.92. The van der Waals surface area contributed by atoms with Gasteiger partial charge in [0, 0.05) is 12.7 Å². The van der Waals surface area contributed by atoms with E-state index in [1.165, 1.54) is 10.6 Å². The number of aromatic carboxylic acids is 1. The van der Waals surface area contributed by atoms with E-state index in [2.05, 4.69) is 0 Å². The van der Waals surface area contributed by atoms with E-state index < -0.39 is 17.6 Å². The highest BCUT2D eigenvalue weighted by atomic mass is 19.2. The molecule has 0 radical (unpaired) electrons. The number of benzene rings is 1. The van der Waals surface area contributed by atoms with Gasteiger partial charge in [0.25, 0.3) is 0 Å². The molecule has 1 N–H and O–H groups in total. The van der Waals surface area contributed by atoms with E-state index in [1.807, 2.05) is 6.92 Å². The first-order valence-electron chi connectivity index (χ1n) is 5.87. The number of carboxylic acid groups (broad SMARTS) is 1. The Kier molecular flexibility index (Phi) is 3.64. The molecular weight excluding hydrogens is 252 g/mol. The van der Waals surface area contributed by atoms with Gasteiger partial charge in [-0.25, -0.2) is 13.6 Å². The van der Waals surface area contributed by atoms with Gasteiger partial charge in [0.05, 0.1) is 0 Å². The standard InChI is InChI=1S/C14H13F2NO2/c1-2-9-6-13(14(18)19)17(7-9)8-10-3-4-11(15)12(16)5-10/h3-7H,2,8H2,1H3,(H,18,19). The van der Waals surface area contributed by atoms with E-state index in [0.29, 0.717) is 12.0 Å². The smallest absolute Gasteiger partial charge is 0.352 e. The van der Waals surface area contributed by atoms with Crippen LogP contribution in [0.4, 0.5) is 8.78 Å². The fourth-order valence-corrected chi connectivity index (χ4v) is 1.91. The fourth-order valence-electron chi connectivity index (χ4n) is 1.91. The quantitative estimate of drug-likeness (QED) is 0.923. The highest BCUT2D eigenvalue weighted by Crippen LogP contribution is 2.15. The minimum Gasteiger partial charge on any atom is -0.477 e. The molecule has 0 aliphatic heterocycles. The van der Waals surface area contributed by atoms with Crippen molar-refractivity contribution in [1.29, 1.82) is 0 Å². The van der Waals surface area contributed by atoms with Gasteiger partial charge >= 0.3 is 5.97 Å². The summed E-state index contributed by atoms with van der Waals surface area (Å²) < 4.78 is 27.5. The zero-order chi connectivity index (χ0) is 14.0. The van der Waals surface area contributed by atoms with Crippen LogP contribution in [0.3, 0.4) is 0 Å². The van der Waals surface area contributed by atoms with Crippen LogP contribution in [-0.2, 0) is 13.0 Å². The summed E-state index contributed by atoms with van der Waals surface area (Å²) in [6, 6.07) is 5.14. The molecule has 0 unspecified atom stereocenters. The van der Waals surface area contributed by atoms with Crippen LogP contribution in [0, 0.1) is 11.6 Å². The van der Waals surface area contributed by atoms with Gasteiger partial charge in [-0.2, -0.15) is 0 Å². The molecular formula is C14H13F2NO2. The highest BCUT2D eigenvalue weighted by Gasteiger charge is 2.12. The Labute approximate surface area is 109 Å². The molecule has 0 aliphatic carbocycles. The summed E-state index contributed by atoms with van der Waals surface area (Å²) in [4.78, 5) is 11.1. The largest absolute Gasteiger partial charge is 0.477 e. The molecule has 1 heterocycles. The number of hydrogen-bond donors (Lipinski definition) is 1. The average molecular weight is 265 g/mol. The lowest BCUT2D eigenvalue weighted by Crippen LogP contribution is -2.08. The molecule has 0 amide bonds. The molecule has 2 rings (SSSR count). The molecule has 0 bridgehead atoms. The summed E-state index contributed by atoms with van der Waals surface area (Å²) in [5.41, 5.74) is 1.54. The summed E-state index contributed by atoms with van der Waals surface area (Å²) in [5.74, 6) is -2.89. The number of rotatable bonds is 4. The van der Waals surface area contributed by atoms with Crippen molar-refractivity contribution in [3.05, 3.63) is 58.9 Å². The number of aromatic nitrogens is 1. The molecule has 5 heteroatoms. The first-order valence-corrected chi connectivity index (χ1v) is 5.87. The second kappa shape index (κ2) is 5.22. The Morgan fingerprint density at radius 2 is 1.95 bits per heavy atom. The lowest BCUT2D eigenvalue weighted by Gasteiger charge is -2.06. The van der Waals surface area contributed by atoms with Crippen LogP contribution in [0.15, 0.2) is 30.5 Å². The number of halogens is 2. The molecule has 1 aromatic carbocycles. The number of hydrogen-bond acceptors (Lipinski definition) is 1. The molecule has 0 saturated carbocycles. The third kappa shape index (κ3) is 2.81. The summed E-state index contributed by atoms with van der Waals surface area (Å²) in [5, 5.41) is 9.10. The Morgan fingerprint density at radius 1 is 1.21 bits per heavy atom. The molecule has 19 heavy (non-hydrogen) atoms. The zero-order valence-corrected chi connectivity index (χ0v) is 10.4. The SMILES string of the molecule is CCc1cc(C(=O)O)n(Cc2ccc(F)c(F)c2)c1. The van der Waals surface area contributed by atoms with E-state index in [0.717, 1.165) is 17.7 Å². The lowest BCUT2D eigenvalue weighted by molar-refractivity contribution is 0.0685. The van der Waals surface area contributed by atoms with Crippen LogP contribution in [0.5, 0.6) is 0 Å². The maximum Gasteiger partial charge on any atom is 0.352 e. The fraction of sp³-hybridized carbons (Fsp3) is 0.214. The van der Waals surface area contributed by atoms with Gasteiger partial charge in [-0.1, -0.05) is 13.0 Å². The van der Waals surface area contributed by atoms with Crippen molar-refractivity contribution in [1.82, 2.24) is 4.57 Å². The minimum atomic E-state index is -1.04. The molecule has 2 aromatic rings. The first kappa shape index (κ1) is 13.3.